The number of para-hydroxylation sites is 3. The first-order chi connectivity index (χ1) is 21.8. The molecule has 0 amide bonds. The van der Waals surface area contributed by atoms with Crippen LogP contribution in [-0.2, 0) is 0 Å². The summed E-state index contributed by atoms with van der Waals surface area (Å²) in [5, 5.41) is 4.47. The molecule has 0 fully saturated rings. The van der Waals surface area contributed by atoms with Crippen molar-refractivity contribution >= 4 is 43.9 Å². The van der Waals surface area contributed by atoms with Crippen LogP contribution in [0, 0.1) is 0 Å². The zero-order chi connectivity index (χ0) is 29.0. The summed E-state index contributed by atoms with van der Waals surface area (Å²) in [4.78, 5) is 10.3. The summed E-state index contributed by atoms with van der Waals surface area (Å²) in [6.07, 6.45) is 0. The molecule has 5 aromatic carbocycles. The number of benzene rings is 5. The number of rotatable bonds is 4. The number of pyridine rings is 2. The molecule has 0 bridgehead atoms. The molecule has 4 nitrogen and oxygen atoms in total. The van der Waals surface area contributed by atoms with E-state index in [1.54, 1.807) is 0 Å². The van der Waals surface area contributed by atoms with Crippen LogP contribution in [0.4, 0.5) is 0 Å². The van der Waals surface area contributed by atoms with Gasteiger partial charge in [0.2, 0.25) is 0 Å². The van der Waals surface area contributed by atoms with Crippen LogP contribution in [0.2, 0.25) is 0 Å². The molecule has 0 saturated carbocycles. The van der Waals surface area contributed by atoms with Crippen molar-refractivity contribution < 1.29 is 4.42 Å². The Kier molecular flexibility index (Phi) is 5.47. The largest absolute Gasteiger partial charge is 0.455 e. The predicted molar refractivity (Wildman–Crippen MR) is 180 cm³/mol. The van der Waals surface area contributed by atoms with Gasteiger partial charge in [0.05, 0.1) is 22.6 Å². The van der Waals surface area contributed by atoms with Gasteiger partial charge in [-0.1, -0.05) is 91.0 Å². The Bertz CT molecular complexity index is 2490. The van der Waals surface area contributed by atoms with Crippen molar-refractivity contribution in [2.45, 2.75) is 0 Å². The summed E-state index contributed by atoms with van der Waals surface area (Å²) in [5.74, 6) is 0. The van der Waals surface area contributed by atoms with Gasteiger partial charge < -0.3 is 4.42 Å². The highest BCUT2D eigenvalue weighted by atomic mass is 16.3. The molecule has 0 radical (unpaired) electrons. The topological polar surface area (TPSA) is 43.9 Å². The molecule has 44 heavy (non-hydrogen) atoms. The van der Waals surface area contributed by atoms with Gasteiger partial charge >= 0.3 is 0 Å². The lowest BCUT2D eigenvalue weighted by Gasteiger charge is -2.08. The van der Waals surface area contributed by atoms with Crippen LogP contribution in [0.5, 0.6) is 0 Å². The third-order valence-electron chi connectivity index (χ3n) is 8.43. The van der Waals surface area contributed by atoms with Gasteiger partial charge in [0.15, 0.2) is 0 Å². The minimum atomic E-state index is 0.814. The average molecular weight is 564 g/mol. The van der Waals surface area contributed by atoms with E-state index in [9.17, 15) is 0 Å². The summed E-state index contributed by atoms with van der Waals surface area (Å²) in [6, 6.07) is 52.3. The quantitative estimate of drug-likeness (QED) is 0.214. The number of fused-ring (bicyclic) bond motifs is 6. The highest BCUT2D eigenvalue weighted by molar-refractivity contribution is 6.10. The maximum Gasteiger partial charge on any atom is 0.146 e. The van der Waals surface area contributed by atoms with Crippen LogP contribution in [0.3, 0.4) is 0 Å². The molecule has 0 unspecified atom stereocenters. The molecule has 206 valence electrons. The molecule has 0 aliphatic carbocycles. The van der Waals surface area contributed by atoms with Crippen molar-refractivity contribution in [3.63, 3.8) is 0 Å². The van der Waals surface area contributed by atoms with E-state index in [0.29, 0.717) is 0 Å². The fraction of sp³-hybridized carbons (Fsp3) is 0. The van der Waals surface area contributed by atoms with Crippen molar-refractivity contribution in [2.24, 2.45) is 0 Å². The Hall–Kier alpha value is -6.00. The number of hydrogen-bond acceptors (Lipinski definition) is 3. The molecule has 4 heteroatoms. The van der Waals surface area contributed by atoms with Crippen LogP contribution >= 0.6 is 0 Å². The Morgan fingerprint density at radius 2 is 1.16 bits per heavy atom. The number of aromatic nitrogens is 3. The van der Waals surface area contributed by atoms with E-state index >= 15 is 0 Å². The van der Waals surface area contributed by atoms with E-state index in [-0.39, 0.29) is 0 Å². The maximum atomic E-state index is 6.54. The molecule has 9 aromatic rings. The van der Waals surface area contributed by atoms with E-state index in [4.69, 9.17) is 14.4 Å². The standard InChI is InChI=1S/C40H25N3O/c1-3-11-26(12-4-1)27-21-22-30-31-16-9-17-33(39(31)44-38(30)25-27)34-18-10-19-35(41-34)36-24-23-32-29-15-7-8-20-37(29)43(40(32)42-36)28-13-5-2-6-14-28/h1-25H. The average Bonchev–Trinajstić information content (AvgIpc) is 3.64. The highest BCUT2D eigenvalue weighted by Crippen LogP contribution is 2.38. The molecule has 4 heterocycles. The van der Waals surface area contributed by atoms with Gasteiger partial charge in [-0.25, -0.2) is 9.97 Å². The lowest BCUT2D eigenvalue weighted by Crippen LogP contribution is -1.97. The third-order valence-corrected chi connectivity index (χ3v) is 8.43. The Morgan fingerprint density at radius 3 is 2.05 bits per heavy atom. The second kappa shape index (κ2) is 9.79. The van der Waals surface area contributed by atoms with Crippen molar-refractivity contribution in [2.75, 3.05) is 0 Å². The third kappa shape index (κ3) is 3.85. The Morgan fingerprint density at radius 1 is 0.455 bits per heavy atom. The molecule has 9 rings (SSSR count). The van der Waals surface area contributed by atoms with Gasteiger partial charge in [0.1, 0.15) is 16.8 Å². The van der Waals surface area contributed by atoms with E-state index in [1.165, 1.54) is 10.9 Å². The molecule has 0 aliphatic heterocycles. The van der Waals surface area contributed by atoms with E-state index in [1.807, 2.05) is 30.3 Å². The monoisotopic (exact) mass is 563 g/mol. The van der Waals surface area contributed by atoms with Gasteiger partial charge in [-0.2, -0.15) is 0 Å². The first-order valence-electron chi connectivity index (χ1n) is 14.8. The molecule has 4 aromatic heterocycles. The molecular formula is C40H25N3O. The summed E-state index contributed by atoms with van der Waals surface area (Å²) in [5.41, 5.74) is 10.6. The van der Waals surface area contributed by atoms with Gasteiger partial charge in [0.25, 0.3) is 0 Å². The highest BCUT2D eigenvalue weighted by Gasteiger charge is 2.17. The summed E-state index contributed by atoms with van der Waals surface area (Å²) in [7, 11) is 0. The summed E-state index contributed by atoms with van der Waals surface area (Å²) >= 11 is 0. The lowest BCUT2D eigenvalue weighted by molar-refractivity contribution is 0.670. The fourth-order valence-electron chi connectivity index (χ4n) is 6.36. The van der Waals surface area contributed by atoms with Crippen molar-refractivity contribution in [3.8, 4) is 39.5 Å². The van der Waals surface area contributed by atoms with Crippen molar-refractivity contribution in [1.29, 1.82) is 0 Å². The second-order valence-electron chi connectivity index (χ2n) is 11.0. The second-order valence-corrected chi connectivity index (χ2v) is 11.0. The van der Waals surface area contributed by atoms with E-state index in [0.717, 1.165) is 72.4 Å². The summed E-state index contributed by atoms with van der Waals surface area (Å²) in [6.45, 7) is 0. The van der Waals surface area contributed by atoms with E-state index in [2.05, 4.69) is 126 Å². The van der Waals surface area contributed by atoms with Crippen LogP contribution in [0.15, 0.2) is 156 Å². The molecule has 0 aliphatic rings. The van der Waals surface area contributed by atoms with Crippen LogP contribution < -0.4 is 0 Å². The van der Waals surface area contributed by atoms with Crippen molar-refractivity contribution in [3.05, 3.63) is 152 Å². The fourth-order valence-corrected chi connectivity index (χ4v) is 6.36. The maximum absolute atomic E-state index is 6.54. The van der Waals surface area contributed by atoms with Crippen LogP contribution in [0.25, 0.3) is 83.3 Å². The number of furan rings is 1. The van der Waals surface area contributed by atoms with Gasteiger partial charge in [-0.3, -0.25) is 4.57 Å². The molecular weight excluding hydrogens is 538 g/mol. The zero-order valence-corrected chi connectivity index (χ0v) is 23.7. The minimum absolute atomic E-state index is 0.814. The number of hydrogen-bond donors (Lipinski definition) is 0. The molecule has 0 saturated heterocycles. The number of nitrogens with zero attached hydrogens (tertiary/aromatic N) is 3. The first-order valence-corrected chi connectivity index (χ1v) is 14.8. The lowest BCUT2D eigenvalue weighted by atomic mass is 10.0. The normalized spacial score (nSPS) is 11.6. The van der Waals surface area contributed by atoms with Crippen molar-refractivity contribution in [1.82, 2.24) is 14.5 Å². The summed E-state index contributed by atoms with van der Waals surface area (Å²) < 4.78 is 8.78. The SMILES string of the molecule is c1ccc(-c2ccc3c(c2)oc2c(-c4cccc(-c5ccc6c7ccccc7n(-c7ccccc7)c6n5)n4)cccc23)cc1. The van der Waals surface area contributed by atoms with Crippen LogP contribution in [0.1, 0.15) is 0 Å². The van der Waals surface area contributed by atoms with Gasteiger partial charge in [-0.05, 0) is 71.8 Å². The smallest absolute Gasteiger partial charge is 0.146 e. The molecule has 0 atom stereocenters. The minimum Gasteiger partial charge on any atom is -0.455 e. The van der Waals surface area contributed by atoms with E-state index < -0.39 is 0 Å². The Balaban J connectivity index is 1.18. The zero-order valence-electron chi connectivity index (χ0n) is 23.7. The Labute approximate surface area is 253 Å². The van der Waals surface area contributed by atoms with Crippen LogP contribution in [-0.4, -0.2) is 14.5 Å². The van der Waals surface area contributed by atoms with Gasteiger partial charge in [-0.15, -0.1) is 0 Å². The molecule has 0 N–H and O–H groups in total. The first kappa shape index (κ1) is 24.6. The predicted octanol–water partition coefficient (Wildman–Crippen LogP) is 10.5. The molecule has 0 spiro atoms. The van der Waals surface area contributed by atoms with Gasteiger partial charge in [0, 0.05) is 32.8 Å².